The molecule has 5 nitrogen and oxygen atoms in total. The van der Waals surface area contributed by atoms with Gasteiger partial charge in [-0.2, -0.15) is 0 Å². The summed E-state index contributed by atoms with van der Waals surface area (Å²) in [7, 11) is 0. The third-order valence-electron chi connectivity index (χ3n) is 3.08. The maximum atomic E-state index is 12.1. The predicted octanol–water partition coefficient (Wildman–Crippen LogP) is 1.88. The van der Waals surface area contributed by atoms with E-state index in [1.807, 2.05) is 0 Å². The molecule has 0 saturated heterocycles. The van der Waals surface area contributed by atoms with E-state index in [0.29, 0.717) is 10.6 Å². The first-order valence-electron chi connectivity index (χ1n) is 5.99. The molecule has 0 aliphatic carbocycles. The zero-order valence-corrected chi connectivity index (χ0v) is 11.6. The van der Waals surface area contributed by atoms with Gasteiger partial charge in [0.1, 0.15) is 0 Å². The number of aliphatic hydroxyl groups is 1. The van der Waals surface area contributed by atoms with Gasteiger partial charge in [0, 0.05) is 17.1 Å². The van der Waals surface area contributed by atoms with E-state index < -0.39 is 17.1 Å². The van der Waals surface area contributed by atoms with Crippen molar-refractivity contribution in [3.8, 4) is 22.8 Å². The Morgan fingerprint density at radius 1 is 1.15 bits per heavy atom. The molecule has 1 heterocycles. The van der Waals surface area contributed by atoms with Crippen molar-refractivity contribution in [1.82, 2.24) is 4.57 Å². The zero-order valence-electron chi connectivity index (χ0n) is 10.8. The Hall–Kier alpha value is -1.98. The van der Waals surface area contributed by atoms with Crippen LogP contribution in [0.25, 0.3) is 11.3 Å². The molecule has 0 fully saturated rings. The SMILES string of the molecule is Cc1c(O)c(O)c(-c2ccc(Cl)cc2)n(CCO)c1=O. The molecule has 20 heavy (non-hydrogen) atoms. The Bertz CT molecular complexity index is 692. The smallest absolute Gasteiger partial charge is 0.257 e. The van der Waals surface area contributed by atoms with Gasteiger partial charge in [0.2, 0.25) is 0 Å². The van der Waals surface area contributed by atoms with Crippen LogP contribution >= 0.6 is 11.6 Å². The summed E-state index contributed by atoms with van der Waals surface area (Å²) in [5.74, 6) is -0.841. The van der Waals surface area contributed by atoms with Crippen LogP contribution in [0.3, 0.4) is 0 Å². The maximum Gasteiger partial charge on any atom is 0.257 e. The van der Waals surface area contributed by atoms with Gasteiger partial charge in [-0.15, -0.1) is 0 Å². The minimum Gasteiger partial charge on any atom is -0.504 e. The maximum absolute atomic E-state index is 12.1. The summed E-state index contributed by atoms with van der Waals surface area (Å²) in [6.45, 7) is 1.17. The Balaban J connectivity index is 2.79. The van der Waals surface area contributed by atoms with Crippen molar-refractivity contribution in [3.05, 3.63) is 45.2 Å². The fourth-order valence-electron chi connectivity index (χ4n) is 2.04. The highest BCUT2D eigenvalue weighted by molar-refractivity contribution is 6.30. The summed E-state index contributed by atoms with van der Waals surface area (Å²) in [5, 5.41) is 29.5. The van der Waals surface area contributed by atoms with Crippen molar-refractivity contribution < 1.29 is 15.3 Å². The van der Waals surface area contributed by atoms with Gasteiger partial charge in [-0.3, -0.25) is 4.79 Å². The van der Waals surface area contributed by atoms with E-state index in [-0.39, 0.29) is 24.4 Å². The summed E-state index contributed by atoms with van der Waals surface area (Å²) in [4.78, 5) is 12.1. The Morgan fingerprint density at radius 2 is 1.75 bits per heavy atom. The van der Waals surface area contributed by atoms with Crippen LogP contribution in [-0.4, -0.2) is 26.5 Å². The van der Waals surface area contributed by atoms with Crippen LogP contribution in [0.15, 0.2) is 29.1 Å². The van der Waals surface area contributed by atoms with Gasteiger partial charge in [-0.1, -0.05) is 23.7 Å². The molecular formula is C14H14ClNO4. The number of aromatic nitrogens is 1. The predicted molar refractivity (Wildman–Crippen MR) is 76.3 cm³/mol. The van der Waals surface area contributed by atoms with Crippen LogP contribution in [0.5, 0.6) is 11.5 Å². The molecule has 1 aromatic carbocycles. The van der Waals surface area contributed by atoms with Crippen LogP contribution in [0.2, 0.25) is 5.02 Å². The van der Waals surface area contributed by atoms with E-state index in [1.54, 1.807) is 24.3 Å². The Kier molecular flexibility index (Phi) is 4.01. The molecular weight excluding hydrogens is 282 g/mol. The van der Waals surface area contributed by atoms with Crippen LogP contribution in [0.4, 0.5) is 0 Å². The first-order chi connectivity index (χ1) is 9.47. The van der Waals surface area contributed by atoms with E-state index in [2.05, 4.69) is 0 Å². The Morgan fingerprint density at radius 3 is 2.30 bits per heavy atom. The standard InChI is InChI=1S/C14H14ClNO4/c1-8-12(18)13(19)11(16(6-7-17)14(8)20)9-2-4-10(15)5-3-9/h2-5,17-19H,6-7H2,1H3. The lowest BCUT2D eigenvalue weighted by atomic mass is 10.1. The highest BCUT2D eigenvalue weighted by Gasteiger charge is 2.19. The summed E-state index contributed by atoms with van der Waals surface area (Å²) in [5.41, 5.74) is 0.254. The topological polar surface area (TPSA) is 82.7 Å². The molecule has 0 atom stereocenters. The lowest BCUT2D eigenvalue weighted by Gasteiger charge is -2.16. The van der Waals surface area contributed by atoms with Crippen molar-refractivity contribution >= 4 is 11.6 Å². The number of aromatic hydroxyl groups is 2. The average Bonchev–Trinajstić information content (AvgIpc) is 2.44. The number of aliphatic hydroxyl groups excluding tert-OH is 1. The number of benzene rings is 1. The lowest BCUT2D eigenvalue weighted by molar-refractivity contribution is 0.273. The van der Waals surface area contributed by atoms with Crippen molar-refractivity contribution in [2.75, 3.05) is 6.61 Å². The van der Waals surface area contributed by atoms with E-state index in [4.69, 9.17) is 16.7 Å². The second-order valence-electron chi connectivity index (χ2n) is 4.36. The molecule has 106 valence electrons. The van der Waals surface area contributed by atoms with Crippen molar-refractivity contribution in [2.24, 2.45) is 0 Å². The fraction of sp³-hybridized carbons (Fsp3) is 0.214. The summed E-state index contributed by atoms with van der Waals surface area (Å²) in [6, 6.07) is 6.47. The zero-order chi connectivity index (χ0) is 14.9. The molecule has 0 saturated carbocycles. The van der Waals surface area contributed by atoms with E-state index in [1.165, 1.54) is 11.5 Å². The van der Waals surface area contributed by atoms with Gasteiger partial charge in [0.25, 0.3) is 5.56 Å². The number of rotatable bonds is 3. The monoisotopic (exact) mass is 295 g/mol. The van der Waals surface area contributed by atoms with Crippen molar-refractivity contribution in [1.29, 1.82) is 0 Å². The van der Waals surface area contributed by atoms with Gasteiger partial charge in [0.15, 0.2) is 11.5 Å². The van der Waals surface area contributed by atoms with E-state index in [9.17, 15) is 15.0 Å². The quantitative estimate of drug-likeness (QED) is 0.807. The minimum absolute atomic E-state index is 0.0193. The van der Waals surface area contributed by atoms with Crippen LogP contribution in [0.1, 0.15) is 5.56 Å². The van der Waals surface area contributed by atoms with Crippen molar-refractivity contribution in [2.45, 2.75) is 13.5 Å². The second-order valence-corrected chi connectivity index (χ2v) is 4.79. The van der Waals surface area contributed by atoms with Crippen LogP contribution in [0, 0.1) is 6.92 Å². The molecule has 0 radical (unpaired) electrons. The molecule has 0 aliphatic rings. The lowest BCUT2D eigenvalue weighted by Crippen LogP contribution is -2.25. The first-order valence-corrected chi connectivity index (χ1v) is 6.37. The van der Waals surface area contributed by atoms with Gasteiger partial charge in [-0.25, -0.2) is 0 Å². The molecule has 2 aromatic rings. The van der Waals surface area contributed by atoms with Gasteiger partial charge in [-0.05, 0) is 19.1 Å². The minimum atomic E-state index is -0.459. The summed E-state index contributed by atoms with van der Waals surface area (Å²) >= 11 is 5.81. The molecule has 0 unspecified atom stereocenters. The highest BCUT2D eigenvalue weighted by Crippen LogP contribution is 2.37. The number of hydrogen-bond donors (Lipinski definition) is 3. The molecule has 1 aromatic heterocycles. The molecule has 0 amide bonds. The van der Waals surface area contributed by atoms with Crippen molar-refractivity contribution in [3.63, 3.8) is 0 Å². The summed E-state index contributed by atoms with van der Waals surface area (Å²) in [6.07, 6.45) is 0. The number of nitrogens with zero attached hydrogens (tertiary/aromatic N) is 1. The normalized spacial score (nSPS) is 10.8. The molecule has 2 rings (SSSR count). The second kappa shape index (κ2) is 5.56. The largest absolute Gasteiger partial charge is 0.504 e. The van der Waals surface area contributed by atoms with Gasteiger partial charge >= 0.3 is 0 Å². The van der Waals surface area contributed by atoms with Crippen LogP contribution in [-0.2, 0) is 6.54 Å². The Labute approximate surface area is 120 Å². The fourth-order valence-corrected chi connectivity index (χ4v) is 2.16. The molecule has 0 aliphatic heterocycles. The molecule has 0 spiro atoms. The van der Waals surface area contributed by atoms with Gasteiger partial charge in [0.05, 0.1) is 17.9 Å². The molecule has 6 heteroatoms. The van der Waals surface area contributed by atoms with E-state index >= 15 is 0 Å². The third kappa shape index (κ3) is 2.37. The average molecular weight is 296 g/mol. The number of pyridine rings is 1. The van der Waals surface area contributed by atoms with E-state index in [0.717, 1.165) is 0 Å². The number of halogens is 1. The first kappa shape index (κ1) is 14.4. The number of hydrogen-bond acceptors (Lipinski definition) is 4. The molecule has 0 bridgehead atoms. The highest BCUT2D eigenvalue weighted by atomic mass is 35.5. The molecule has 3 N–H and O–H groups in total. The summed E-state index contributed by atoms with van der Waals surface area (Å²) < 4.78 is 1.23. The third-order valence-corrected chi connectivity index (χ3v) is 3.33. The van der Waals surface area contributed by atoms with Crippen LogP contribution < -0.4 is 5.56 Å². The van der Waals surface area contributed by atoms with Gasteiger partial charge < -0.3 is 19.9 Å².